The maximum absolute atomic E-state index is 6.57. The molecule has 0 aliphatic rings. The van der Waals surface area contributed by atoms with Crippen LogP contribution in [0.2, 0.25) is 0 Å². The van der Waals surface area contributed by atoms with Gasteiger partial charge in [-0.15, -0.1) is 0 Å². The average molecular weight is 190 g/mol. The highest BCUT2D eigenvalue weighted by Crippen LogP contribution is 1.88. The number of ether oxygens (including phenoxy) is 1. The van der Waals surface area contributed by atoms with Crippen molar-refractivity contribution >= 4 is 15.9 Å². The van der Waals surface area contributed by atoms with Crippen molar-refractivity contribution in [3.05, 3.63) is 6.42 Å². The van der Waals surface area contributed by atoms with Crippen LogP contribution >= 0.6 is 15.9 Å². The monoisotopic (exact) mass is 189 g/mol. The highest BCUT2D eigenvalue weighted by atomic mass is 79.9. The lowest BCUT2D eigenvalue weighted by atomic mass is 10.3. The molecule has 0 fully saturated rings. The third-order valence-corrected chi connectivity index (χ3v) is 1.14. The van der Waals surface area contributed by atoms with Gasteiger partial charge in [-0.3, -0.25) is 0 Å². The van der Waals surface area contributed by atoms with Gasteiger partial charge in [-0.1, -0.05) is 21.9 Å². The van der Waals surface area contributed by atoms with Crippen molar-refractivity contribution in [3.63, 3.8) is 0 Å². The first-order chi connectivity index (χ1) is 4.41. The highest BCUT2D eigenvalue weighted by molar-refractivity contribution is 9.09. The van der Waals surface area contributed by atoms with Gasteiger partial charge >= 0.3 is 0 Å². The molecule has 0 bridgehead atoms. The molecule has 0 aliphatic heterocycles. The van der Waals surface area contributed by atoms with E-state index >= 15 is 0 Å². The van der Waals surface area contributed by atoms with Gasteiger partial charge in [0.1, 0.15) is 0 Å². The van der Waals surface area contributed by atoms with Gasteiger partial charge in [0, 0.05) is 18.4 Å². The molecule has 0 aromatic carbocycles. The summed E-state index contributed by atoms with van der Waals surface area (Å²) in [7, 11) is 0. The first-order valence-electron chi connectivity index (χ1n) is 2.95. The number of unbranched alkanes of at least 4 members (excludes halogenated alkanes) is 1. The van der Waals surface area contributed by atoms with E-state index in [0.29, 0.717) is 6.42 Å². The molecule has 51 valence electrons. The molecule has 0 saturated heterocycles. The van der Waals surface area contributed by atoms with Crippen molar-refractivity contribution in [2.75, 3.05) is 18.5 Å². The smallest absolute Gasteiger partial charge is 0.0563 e. The van der Waals surface area contributed by atoms with E-state index in [2.05, 4.69) is 21.9 Å². The Hall–Kier alpha value is 0. The van der Waals surface area contributed by atoms with Crippen molar-refractivity contribution in [1.29, 1.82) is 0 Å². The second kappa shape index (κ2) is 8.00. The van der Waals surface area contributed by atoms with E-state index < -0.39 is 0 Å². The summed E-state index contributed by atoms with van der Waals surface area (Å²) in [6, 6.07) is 0. The van der Waals surface area contributed by atoms with Crippen LogP contribution in [0.4, 0.5) is 0 Å². The number of hydrogen-bond acceptors (Lipinski definition) is 1. The molecule has 1 nitrogen and oxygen atoms in total. The summed E-state index contributed by atoms with van der Waals surface area (Å²) in [6.45, 7) is 1.51. The summed E-state index contributed by atoms with van der Waals surface area (Å²) in [5.74, 6) is 2.30. The number of rotatable bonds is 5. The first kappa shape index (κ1) is 9.00. The van der Waals surface area contributed by atoms with Gasteiger partial charge in [-0.2, -0.15) is 0 Å². The molecule has 0 saturated carbocycles. The zero-order chi connectivity index (χ0) is 6.95. The molecule has 0 aromatic rings. The molecule has 0 spiro atoms. The summed E-state index contributed by atoms with van der Waals surface area (Å²) < 4.78 is 5.11. The van der Waals surface area contributed by atoms with Crippen molar-refractivity contribution in [2.24, 2.45) is 0 Å². The lowest BCUT2D eigenvalue weighted by Crippen LogP contribution is -1.96. The Morgan fingerprint density at radius 1 is 1.44 bits per heavy atom. The summed E-state index contributed by atoms with van der Waals surface area (Å²) in [4.78, 5) is 0. The summed E-state index contributed by atoms with van der Waals surface area (Å²) in [6.07, 6.45) is 8.19. The summed E-state index contributed by atoms with van der Waals surface area (Å²) in [5, 5.41) is 0.890. The van der Waals surface area contributed by atoms with Crippen LogP contribution in [0.3, 0.4) is 0 Å². The lowest BCUT2D eigenvalue weighted by Gasteiger charge is -1.96. The molecule has 0 unspecified atom stereocenters. The second-order valence-electron chi connectivity index (χ2n) is 1.58. The minimum atomic E-state index is 0.711. The van der Waals surface area contributed by atoms with Gasteiger partial charge in [-0.05, 0) is 12.8 Å². The van der Waals surface area contributed by atoms with E-state index in [-0.39, 0.29) is 0 Å². The molecule has 1 radical (unpaired) electrons. The first-order valence-corrected chi connectivity index (χ1v) is 4.07. The van der Waals surface area contributed by atoms with Crippen molar-refractivity contribution in [2.45, 2.75) is 12.8 Å². The SMILES string of the molecule is [C]#CCCCOCCBr. The molecule has 0 aromatic heterocycles. The third-order valence-electron chi connectivity index (χ3n) is 0.812. The molecule has 0 rings (SSSR count). The van der Waals surface area contributed by atoms with Gasteiger partial charge in [0.2, 0.25) is 0 Å². The standard InChI is InChI=1S/C7H10BrO/c1-2-3-4-6-9-7-5-8/h3-7H2. The van der Waals surface area contributed by atoms with Gasteiger partial charge < -0.3 is 4.74 Å². The molecule has 0 N–H and O–H groups in total. The Morgan fingerprint density at radius 3 is 2.78 bits per heavy atom. The van der Waals surface area contributed by atoms with Crippen LogP contribution in [-0.2, 0) is 4.74 Å². The Labute approximate surface area is 64.9 Å². The maximum Gasteiger partial charge on any atom is 0.0563 e. The summed E-state index contributed by atoms with van der Waals surface area (Å²) >= 11 is 3.24. The average Bonchev–Trinajstić information content (AvgIpc) is 1.89. The van der Waals surface area contributed by atoms with Crippen molar-refractivity contribution < 1.29 is 4.74 Å². The molecule has 9 heavy (non-hydrogen) atoms. The molecular formula is C7H10BrO. The van der Waals surface area contributed by atoms with Crippen molar-refractivity contribution in [3.8, 4) is 5.92 Å². The van der Waals surface area contributed by atoms with Crippen LogP contribution in [0.1, 0.15) is 12.8 Å². The number of hydrogen-bond donors (Lipinski definition) is 0. The Balaban J connectivity index is 2.69. The van der Waals surface area contributed by atoms with Crippen molar-refractivity contribution in [1.82, 2.24) is 0 Å². The lowest BCUT2D eigenvalue weighted by molar-refractivity contribution is 0.149. The Bertz CT molecular complexity index is 85.4. The fourth-order valence-electron chi connectivity index (χ4n) is 0.419. The predicted molar refractivity (Wildman–Crippen MR) is 41.0 cm³/mol. The van der Waals surface area contributed by atoms with E-state index in [4.69, 9.17) is 11.2 Å². The normalized spacial score (nSPS) is 8.89. The number of halogens is 1. The molecular weight excluding hydrogens is 180 g/mol. The zero-order valence-electron chi connectivity index (χ0n) is 5.32. The van der Waals surface area contributed by atoms with E-state index in [1.165, 1.54) is 0 Å². The largest absolute Gasteiger partial charge is 0.381 e. The Kier molecular flexibility index (Phi) is 8.00. The molecule has 0 atom stereocenters. The molecule has 0 amide bonds. The fraction of sp³-hybridized carbons (Fsp3) is 0.714. The zero-order valence-corrected chi connectivity index (χ0v) is 6.91. The second-order valence-corrected chi connectivity index (χ2v) is 2.37. The maximum atomic E-state index is 6.57. The summed E-state index contributed by atoms with van der Waals surface area (Å²) in [5.41, 5.74) is 0. The van der Waals surface area contributed by atoms with E-state index in [9.17, 15) is 0 Å². The van der Waals surface area contributed by atoms with Crippen LogP contribution in [0, 0.1) is 12.3 Å². The van der Waals surface area contributed by atoms with E-state index in [1.807, 2.05) is 0 Å². The van der Waals surface area contributed by atoms with Gasteiger partial charge in [0.15, 0.2) is 0 Å². The topological polar surface area (TPSA) is 9.23 Å². The highest BCUT2D eigenvalue weighted by Gasteiger charge is 1.84. The van der Waals surface area contributed by atoms with Crippen LogP contribution in [0.15, 0.2) is 0 Å². The van der Waals surface area contributed by atoms with Crippen LogP contribution in [-0.4, -0.2) is 18.5 Å². The minimum absolute atomic E-state index is 0.711. The molecule has 2 heteroatoms. The van der Waals surface area contributed by atoms with Crippen LogP contribution in [0.5, 0.6) is 0 Å². The van der Waals surface area contributed by atoms with Gasteiger partial charge in [0.25, 0.3) is 0 Å². The number of alkyl halides is 1. The van der Waals surface area contributed by atoms with Crippen LogP contribution < -0.4 is 0 Å². The fourth-order valence-corrected chi connectivity index (χ4v) is 0.648. The predicted octanol–water partition coefficient (Wildman–Crippen LogP) is 1.77. The van der Waals surface area contributed by atoms with Gasteiger partial charge in [0.05, 0.1) is 6.61 Å². The van der Waals surface area contributed by atoms with Crippen LogP contribution in [0.25, 0.3) is 0 Å². The molecule has 0 aliphatic carbocycles. The third kappa shape index (κ3) is 8.00. The quantitative estimate of drug-likeness (QED) is 0.364. The van der Waals surface area contributed by atoms with E-state index in [1.54, 1.807) is 0 Å². The Morgan fingerprint density at radius 2 is 2.22 bits per heavy atom. The molecule has 0 heterocycles. The minimum Gasteiger partial charge on any atom is -0.381 e. The van der Waals surface area contributed by atoms with Gasteiger partial charge in [-0.25, -0.2) is 0 Å². The van der Waals surface area contributed by atoms with E-state index in [0.717, 1.165) is 25.0 Å².